The standard InChI is InChI=1S/C7H3F2N3O3/c8-7(9)5-3(1-10)6(12(14)15)4(13)2-11-5/h2,7,13H. The average molecular weight is 215 g/mol. The van der Waals surface area contributed by atoms with Gasteiger partial charge >= 0.3 is 5.69 Å². The SMILES string of the molecule is N#Cc1c(C(F)F)ncc(O)c1[N+](=O)[O-]. The number of rotatable bonds is 2. The second kappa shape index (κ2) is 3.83. The topological polar surface area (TPSA) is 100 Å². The molecule has 1 N–H and O–H groups in total. The third-order valence-corrected chi connectivity index (χ3v) is 1.56. The molecule has 0 saturated heterocycles. The largest absolute Gasteiger partial charge is 0.501 e. The van der Waals surface area contributed by atoms with E-state index in [4.69, 9.17) is 10.4 Å². The molecule has 0 amide bonds. The van der Waals surface area contributed by atoms with Gasteiger partial charge in [-0.25, -0.2) is 13.8 Å². The second-order valence-corrected chi connectivity index (χ2v) is 2.42. The van der Waals surface area contributed by atoms with E-state index in [1.165, 1.54) is 6.07 Å². The van der Waals surface area contributed by atoms with E-state index in [-0.39, 0.29) is 0 Å². The Hall–Kier alpha value is -2.30. The molecule has 0 bridgehead atoms. The maximum atomic E-state index is 12.3. The van der Waals surface area contributed by atoms with E-state index in [1.807, 2.05) is 0 Å². The van der Waals surface area contributed by atoms with Crippen LogP contribution in [0.1, 0.15) is 17.7 Å². The number of nitro groups is 1. The normalized spacial score (nSPS) is 10.0. The van der Waals surface area contributed by atoms with Crippen LogP contribution in [0.5, 0.6) is 5.75 Å². The van der Waals surface area contributed by atoms with E-state index in [2.05, 4.69) is 4.98 Å². The summed E-state index contributed by atoms with van der Waals surface area (Å²) in [6.45, 7) is 0. The molecular formula is C7H3F2N3O3. The van der Waals surface area contributed by atoms with Crippen molar-refractivity contribution in [2.45, 2.75) is 6.43 Å². The predicted octanol–water partition coefficient (Wildman–Crippen LogP) is 1.50. The van der Waals surface area contributed by atoms with Crippen molar-refractivity contribution in [3.63, 3.8) is 0 Å². The van der Waals surface area contributed by atoms with Gasteiger partial charge in [-0.1, -0.05) is 0 Å². The van der Waals surface area contributed by atoms with Gasteiger partial charge in [0.1, 0.15) is 11.8 Å². The third kappa shape index (κ3) is 1.80. The molecule has 1 aromatic rings. The molecule has 15 heavy (non-hydrogen) atoms. The van der Waals surface area contributed by atoms with Crippen LogP contribution in [0.15, 0.2) is 6.20 Å². The Morgan fingerprint density at radius 3 is 2.67 bits per heavy atom. The Morgan fingerprint density at radius 2 is 2.27 bits per heavy atom. The maximum Gasteiger partial charge on any atom is 0.332 e. The number of hydrogen-bond donors (Lipinski definition) is 1. The van der Waals surface area contributed by atoms with Crippen molar-refractivity contribution in [1.82, 2.24) is 4.98 Å². The van der Waals surface area contributed by atoms with Crippen LogP contribution in [0.4, 0.5) is 14.5 Å². The fourth-order valence-electron chi connectivity index (χ4n) is 0.966. The number of aromatic nitrogens is 1. The van der Waals surface area contributed by atoms with Gasteiger partial charge in [0, 0.05) is 0 Å². The van der Waals surface area contributed by atoms with Crippen molar-refractivity contribution >= 4 is 5.69 Å². The molecule has 0 aliphatic carbocycles. The first kappa shape index (κ1) is 10.8. The van der Waals surface area contributed by atoms with E-state index in [0.29, 0.717) is 6.20 Å². The lowest BCUT2D eigenvalue weighted by atomic mass is 10.1. The summed E-state index contributed by atoms with van der Waals surface area (Å²) in [6.07, 6.45) is -2.60. The summed E-state index contributed by atoms with van der Waals surface area (Å²) >= 11 is 0. The summed E-state index contributed by atoms with van der Waals surface area (Å²) in [6, 6.07) is 1.22. The Balaban J connectivity index is 3.56. The molecular weight excluding hydrogens is 212 g/mol. The Labute approximate surface area is 81.6 Å². The minimum absolute atomic E-state index is 0.514. The molecule has 1 aromatic heterocycles. The van der Waals surface area contributed by atoms with Gasteiger partial charge in [-0.05, 0) is 0 Å². The van der Waals surface area contributed by atoms with Crippen LogP contribution in [0.25, 0.3) is 0 Å². The summed E-state index contributed by atoms with van der Waals surface area (Å²) in [5.41, 5.74) is -2.99. The van der Waals surface area contributed by atoms with E-state index in [1.54, 1.807) is 0 Å². The van der Waals surface area contributed by atoms with Gasteiger partial charge in [-0.15, -0.1) is 0 Å². The number of nitrogens with zero attached hydrogens (tertiary/aromatic N) is 3. The number of halogens is 2. The first-order valence-corrected chi connectivity index (χ1v) is 3.53. The predicted molar refractivity (Wildman–Crippen MR) is 42.2 cm³/mol. The zero-order valence-corrected chi connectivity index (χ0v) is 7.02. The van der Waals surface area contributed by atoms with Crippen LogP contribution < -0.4 is 0 Å². The molecule has 0 aliphatic heterocycles. The van der Waals surface area contributed by atoms with Crippen molar-refractivity contribution in [3.8, 4) is 11.8 Å². The summed E-state index contributed by atoms with van der Waals surface area (Å²) in [7, 11) is 0. The molecule has 78 valence electrons. The van der Waals surface area contributed by atoms with Crippen molar-refractivity contribution in [1.29, 1.82) is 5.26 Å². The molecule has 8 heteroatoms. The average Bonchev–Trinajstić information content (AvgIpc) is 2.15. The van der Waals surface area contributed by atoms with Crippen LogP contribution in [0.2, 0.25) is 0 Å². The van der Waals surface area contributed by atoms with Crippen LogP contribution in [0, 0.1) is 21.4 Å². The zero-order valence-electron chi connectivity index (χ0n) is 7.02. The third-order valence-electron chi connectivity index (χ3n) is 1.56. The lowest BCUT2D eigenvalue weighted by molar-refractivity contribution is -0.386. The smallest absolute Gasteiger partial charge is 0.332 e. The summed E-state index contributed by atoms with van der Waals surface area (Å²) in [5.74, 6) is -0.916. The van der Waals surface area contributed by atoms with Gasteiger partial charge < -0.3 is 5.11 Å². The molecule has 0 aliphatic rings. The quantitative estimate of drug-likeness (QED) is 0.595. The Bertz CT molecular complexity index is 456. The van der Waals surface area contributed by atoms with Gasteiger partial charge in [0.25, 0.3) is 6.43 Å². The van der Waals surface area contributed by atoms with Crippen molar-refractivity contribution in [2.75, 3.05) is 0 Å². The molecule has 1 rings (SSSR count). The number of alkyl halides is 2. The Morgan fingerprint density at radius 1 is 1.67 bits per heavy atom. The highest BCUT2D eigenvalue weighted by Gasteiger charge is 2.28. The summed E-state index contributed by atoms with van der Waals surface area (Å²) in [5, 5.41) is 27.9. The lowest BCUT2D eigenvalue weighted by Crippen LogP contribution is -2.01. The Kier molecular flexibility index (Phi) is 2.75. The monoisotopic (exact) mass is 215 g/mol. The number of pyridine rings is 1. The van der Waals surface area contributed by atoms with Gasteiger partial charge in [0.05, 0.1) is 11.1 Å². The van der Waals surface area contributed by atoms with Crippen molar-refractivity contribution in [2.24, 2.45) is 0 Å². The molecule has 0 atom stereocenters. The van der Waals surface area contributed by atoms with Gasteiger partial charge in [0.15, 0.2) is 5.56 Å². The van der Waals surface area contributed by atoms with Crippen LogP contribution in [-0.4, -0.2) is 15.0 Å². The van der Waals surface area contributed by atoms with Gasteiger partial charge in [0.2, 0.25) is 5.75 Å². The second-order valence-electron chi connectivity index (χ2n) is 2.42. The van der Waals surface area contributed by atoms with Gasteiger partial charge in [-0.3, -0.25) is 10.1 Å². The van der Waals surface area contributed by atoms with Crippen LogP contribution in [0.3, 0.4) is 0 Å². The number of nitriles is 1. The van der Waals surface area contributed by atoms with Crippen molar-refractivity contribution < 1.29 is 18.8 Å². The molecule has 0 fully saturated rings. The molecule has 1 heterocycles. The lowest BCUT2D eigenvalue weighted by Gasteiger charge is -2.02. The van der Waals surface area contributed by atoms with Gasteiger partial charge in [-0.2, -0.15) is 5.26 Å². The highest BCUT2D eigenvalue weighted by atomic mass is 19.3. The minimum atomic E-state index is -3.11. The molecule has 0 spiro atoms. The highest BCUT2D eigenvalue weighted by Crippen LogP contribution is 2.33. The fraction of sp³-hybridized carbons (Fsp3) is 0.143. The van der Waals surface area contributed by atoms with E-state index in [0.717, 1.165) is 0 Å². The summed E-state index contributed by atoms with van der Waals surface area (Å²) in [4.78, 5) is 12.4. The van der Waals surface area contributed by atoms with E-state index < -0.39 is 34.0 Å². The molecule has 0 saturated carbocycles. The molecule has 0 radical (unpaired) electrons. The van der Waals surface area contributed by atoms with Crippen LogP contribution in [-0.2, 0) is 0 Å². The van der Waals surface area contributed by atoms with E-state index in [9.17, 15) is 18.9 Å². The molecule has 6 nitrogen and oxygen atoms in total. The van der Waals surface area contributed by atoms with Crippen molar-refractivity contribution in [3.05, 3.63) is 27.6 Å². The summed E-state index contributed by atoms with van der Waals surface area (Å²) < 4.78 is 24.5. The highest BCUT2D eigenvalue weighted by molar-refractivity contribution is 5.58. The number of hydrogen-bond acceptors (Lipinski definition) is 5. The fourth-order valence-corrected chi connectivity index (χ4v) is 0.966. The van der Waals surface area contributed by atoms with Crippen LogP contribution >= 0.6 is 0 Å². The molecule has 0 unspecified atom stereocenters. The molecule has 0 aromatic carbocycles. The zero-order chi connectivity index (χ0) is 11.6. The first-order chi connectivity index (χ1) is 6.99. The number of aromatic hydroxyl groups is 1. The maximum absolute atomic E-state index is 12.3. The minimum Gasteiger partial charge on any atom is -0.501 e. The first-order valence-electron chi connectivity index (χ1n) is 3.53. The van der Waals surface area contributed by atoms with E-state index >= 15 is 0 Å².